The average Bonchev–Trinajstić information content (AvgIpc) is 2.96. The maximum atomic E-state index is 11.6. The second kappa shape index (κ2) is 7.04. The fraction of sp³-hybridized carbons (Fsp3) is 0.0769. The van der Waals surface area contributed by atoms with Gasteiger partial charge in [-0.2, -0.15) is 0 Å². The molecule has 0 fully saturated rings. The monoisotopic (exact) mass is 344 g/mol. The van der Waals surface area contributed by atoms with Crippen molar-refractivity contribution < 1.29 is 4.79 Å². The van der Waals surface area contributed by atoms with E-state index in [1.54, 1.807) is 18.2 Å². The maximum absolute atomic E-state index is 11.6. The van der Waals surface area contributed by atoms with Gasteiger partial charge in [0, 0.05) is 17.0 Å². The Morgan fingerprint density at radius 1 is 1.40 bits per heavy atom. The van der Waals surface area contributed by atoms with Crippen LogP contribution in [0, 0.1) is 0 Å². The first-order chi connectivity index (χ1) is 9.60. The standard InChI is InChI=1S/C13H10Cl2N2OS2/c1-2-3-4-5-11(18)17-13-16-9(7-19-13)8-6-10(14)20-12(8)15/h2-7H,1H3,(H,16,17,18)/b3-2+,5-4+. The number of hydrogen-bond acceptors (Lipinski definition) is 4. The van der Waals surface area contributed by atoms with Crippen LogP contribution < -0.4 is 5.32 Å². The van der Waals surface area contributed by atoms with Crippen LogP contribution >= 0.6 is 45.9 Å². The van der Waals surface area contributed by atoms with Crippen LogP contribution in [0.1, 0.15) is 6.92 Å². The number of thiazole rings is 1. The van der Waals surface area contributed by atoms with Crippen molar-refractivity contribution in [3.8, 4) is 11.3 Å². The number of allylic oxidation sites excluding steroid dienone is 3. The Morgan fingerprint density at radius 3 is 2.85 bits per heavy atom. The lowest BCUT2D eigenvalue weighted by atomic mass is 10.3. The van der Waals surface area contributed by atoms with E-state index in [2.05, 4.69) is 10.3 Å². The molecule has 2 aromatic heterocycles. The number of hydrogen-bond donors (Lipinski definition) is 1. The van der Waals surface area contributed by atoms with Crippen LogP contribution in [0.25, 0.3) is 11.3 Å². The summed E-state index contributed by atoms with van der Waals surface area (Å²) in [4.78, 5) is 15.9. The Labute approximate surface area is 134 Å². The van der Waals surface area contributed by atoms with Gasteiger partial charge in [-0.1, -0.05) is 41.4 Å². The lowest BCUT2D eigenvalue weighted by Crippen LogP contribution is -2.07. The molecule has 20 heavy (non-hydrogen) atoms. The van der Waals surface area contributed by atoms with Crippen LogP contribution in [0.5, 0.6) is 0 Å². The molecule has 2 aromatic rings. The lowest BCUT2D eigenvalue weighted by molar-refractivity contribution is -0.111. The summed E-state index contributed by atoms with van der Waals surface area (Å²) in [5.41, 5.74) is 1.48. The molecule has 0 aliphatic rings. The third-order valence-electron chi connectivity index (χ3n) is 2.22. The van der Waals surface area contributed by atoms with E-state index < -0.39 is 0 Å². The Balaban J connectivity index is 2.10. The Hall–Kier alpha value is -1.14. The van der Waals surface area contributed by atoms with E-state index in [9.17, 15) is 4.79 Å². The average molecular weight is 345 g/mol. The smallest absolute Gasteiger partial charge is 0.250 e. The number of amides is 1. The van der Waals surface area contributed by atoms with Gasteiger partial charge in [0.1, 0.15) is 4.34 Å². The van der Waals surface area contributed by atoms with Crippen molar-refractivity contribution in [1.29, 1.82) is 0 Å². The van der Waals surface area contributed by atoms with Gasteiger partial charge in [-0.25, -0.2) is 4.98 Å². The molecule has 2 rings (SSSR count). The summed E-state index contributed by atoms with van der Waals surface area (Å²) < 4.78 is 1.20. The maximum Gasteiger partial charge on any atom is 0.250 e. The summed E-state index contributed by atoms with van der Waals surface area (Å²) in [6, 6.07) is 1.77. The number of carbonyl (C=O) groups excluding carboxylic acids is 1. The van der Waals surface area contributed by atoms with Crippen molar-refractivity contribution in [2.24, 2.45) is 0 Å². The van der Waals surface area contributed by atoms with Crippen LogP contribution in [0.2, 0.25) is 8.67 Å². The van der Waals surface area contributed by atoms with Crippen LogP contribution in [-0.4, -0.2) is 10.9 Å². The molecule has 0 aliphatic heterocycles. The fourth-order valence-corrected chi connectivity index (χ4v) is 3.57. The minimum absolute atomic E-state index is 0.224. The van der Waals surface area contributed by atoms with Crippen LogP contribution in [0.3, 0.4) is 0 Å². The number of nitrogens with one attached hydrogen (secondary N) is 1. The van der Waals surface area contributed by atoms with Gasteiger partial charge in [0.2, 0.25) is 5.91 Å². The molecule has 1 N–H and O–H groups in total. The molecule has 0 saturated heterocycles. The summed E-state index contributed by atoms with van der Waals surface area (Å²) in [5.74, 6) is -0.224. The summed E-state index contributed by atoms with van der Waals surface area (Å²) in [6.07, 6.45) is 6.72. The third-order valence-corrected chi connectivity index (χ3v) is 4.46. The molecule has 7 heteroatoms. The van der Waals surface area contributed by atoms with E-state index in [0.717, 1.165) is 5.56 Å². The zero-order chi connectivity index (χ0) is 14.5. The number of halogens is 2. The molecule has 0 radical (unpaired) electrons. The van der Waals surface area contributed by atoms with Gasteiger partial charge in [0.25, 0.3) is 0 Å². The van der Waals surface area contributed by atoms with Crippen LogP contribution in [0.4, 0.5) is 5.13 Å². The molecule has 0 saturated carbocycles. The lowest BCUT2D eigenvalue weighted by Gasteiger charge is -1.95. The van der Waals surface area contributed by atoms with E-state index in [1.165, 1.54) is 28.7 Å². The minimum atomic E-state index is -0.224. The SMILES string of the molecule is C/C=C/C=C/C(=O)Nc1nc(-c2cc(Cl)sc2Cl)cs1. The van der Waals surface area contributed by atoms with Crippen LogP contribution in [-0.2, 0) is 4.79 Å². The van der Waals surface area contributed by atoms with Crippen molar-refractivity contribution in [1.82, 2.24) is 4.98 Å². The third kappa shape index (κ3) is 3.93. The van der Waals surface area contributed by atoms with E-state index in [0.29, 0.717) is 19.5 Å². The molecule has 1 amide bonds. The van der Waals surface area contributed by atoms with E-state index in [4.69, 9.17) is 23.2 Å². The normalized spacial score (nSPS) is 11.6. The minimum Gasteiger partial charge on any atom is -0.298 e. The van der Waals surface area contributed by atoms with Crippen molar-refractivity contribution in [3.63, 3.8) is 0 Å². The zero-order valence-electron chi connectivity index (χ0n) is 10.4. The highest BCUT2D eigenvalue weighted by atomic mass is 35.5. The number of rotatable bonds is 4. The van der Waals surface area contributed by atoms with Gasteiger partial charge in [0.15, 0.2) is 5.13 Å². The highest BCUT2D eigenvalue weighted by Crippen LogP contribution is 2.38. The summed E-state index contributed by atoms with van der Waals surface area (Å²) in [7, 11) is 0. The predicted octanol–water partition coefficient (Wildman–Crippen LogP) is 5.25. The number of nitrogens with zero attached hydrogens (tertiary/aromatic N) is 1. The first-order valence-corrected chi connectivity index (χ1v) is 8.06. The molecule has 3 nitrogen and oxygen atoms in total. The quantitative estimate of drug-likeness (QED) is 0.607. The predicted molar refractivity (Wildman–Crippen MR) is 88.0 cm³/mol. The topological polar surface area (TPSA) is 42.0 Å². The summed E-state index contributed by atoms with van der Waals surface area (Å²) in [6.45, 7) is 1.88. The Bertz CT molecular complexity index is 674. The van der Waals surface area contributed by atoms with Crippen molar-refractivity contribution in [2.45, 2.75) is 6.92 Å². The molecule has 0 unspecified atom stereocenters. The van der Waals surface area contributed by atoms with Crippen molar-refractivity contribution in [3.05, 3.63) is 44.4 Å². The van der Waals surface area contributed by atoms with Gasteiger partial charge in [-0.15, -0.1) is 22.7 Å². The molecule has 2 heterocycles. The number of thiophene rings is 1. The van der Waals surface area contributed by atoms with Gasteiger partial charge >= 0.3 is 0 Å². The fourth-order valence-electron chi connectivity index (χ4n) is 1.37. The summed E-state index contributed by atoms with van der Waals surface area (Å²) >= 11 is 14.6. The molecular formula is C13H10Cl2N2OS2. The first-order valence-electron chi connectivity index (χ1n) is 5.61. The van der Waals surface area contributed by atoms with Crippen LogP contribution in [0.15, 0.2) is 35.8 Å². The molecule has 0 spiro atoms. The second-order valence-corrected chi connectivity index (χ2v) is 6.79. The van der Waals surface area contributed by atoms with Gasteiger partial charge in [0.05, 0.1) is 10.0 Å². The molecule has 0 atom stereocenters. The molecule has 0 aromatic carbocycles. The highest BCUT2D eigenvalue weighted by molar-refractivity contribution is 7.20. The number of carbonyl (C=O) groups is 1. The van der Waals surface area contributed by atoms with Gasteiger partial charge < -0.3 is 0 Å². The molecular weight excluding hydrogens is 335 g/mol. The van der Waals surface area contributed by atoms with E-state index in [-0.39, 0.29) is 5.91 Å². The van der Waals surface area contributed by atoms with E-state index >= 15 is 0 Å². The summed E-state index contributed by atoms with van der Waals surface area (Å²) in [5, 5.41) is 5.04. The number of aromatic nitrogens is 1. The zero-order valence-corrected chi connectivity index (χ0v) is 13.5. The Morgan fingerprint density at radius 2 is 2.20 bits per heavy atom. The molecule has 104 valence electrons. The molecule has 0 aliphatic carbocycles. The van der Waals surface area contributed by atoms with Gasteiger partial charge in [-0.05, 0) is 13.0 Å². The van der Waals surface area contributed by atoms with Gasteiger partial charge in [-0.3, -0.25) is 10.1 Å². The first kappa shape index (κ1) is 15.3. The Kier molecular flexibility index (Phi) is 5.37. The molecule has 0 bridgehead atoms. The largest absolute Gasteiger partial charge is 0.298 e. The van der Waals surface area contributed by atoms with E-state index in [1.807, 2.05) is 18.4 Å². The number of anilines is 1. The van der Waals surface area contributed by atoms with Crippen molar-refractivity contribution >= 4 is 56.9 Å². The second-order valence-electron chi connectivity index (χ2n) is 3.65. The highest BCUT2D eigenvalue weighted by Gasteiger charge is 2.12. The van der Waals surface area contributed by atoms with Crippen molar-refractivity contribution in [2.75, 3.05) is 5.32 Å².